The van der Waals surface area contributed by atoms with Crippen LogP contribution in [0.25, 0.3) is 0 Å². The highest BCUT2D eigenvalue weighted by atomic mass is 19.2. The summed E-state index contributed by atoms with van der Waals surface area (Å²) < 4.78 is 27.1. The van der Waals surface area contributed by atoms with E-state index in [4.69, 9.17) is 0 Å². The maximum absolute atomic E-state index is 13.7. The first-order valence-electron chi connectivity index (χ1n) is 6.24. The molecule has 0 aliphatic carbocycles. The van der Waals surface area contributed by atoms with Gasteiger partial charge in [-0.25, -0.2) is 8.78 Å². The lowest BCUT2D eigenvalue weighted by molar-refractivity contribution is 0.323. The van der Waals surface area contributed by atoms with E-state index in [9.17, 15) is 8.78 Å². The van der Waals surface area contributed by atoms with Crippen molar-refractivity contribution in [2.75, 3.05) is 6.54 Å². The Bertz CT molecular complexity index is 395. The molecule has 0 spiro atoms. The third-order valence-electron chi connectivity index (χ3n) is 3.58. The van der Waals surface area contributed by atoms with Crippen molar-refractivity contribution in [1.82, 2.24) is 5.32 Å². The van der Waals surface area contributed by atoms with Crippen LogP contribution in [-0.2, 0) is 6.42 Å². The van der Waals surface area contributed by atoms with E-state index in [0.29, 0.717) is 23.5 Å². The van der Waals surface area contributed by atoms with Gasteiger partial charge < -0.3 is 5.32 Å². The van der Waals surface area contributed by atoms with Gasteiger partial charge in [0, 0.05) is 6.04 Å². The summed E-state index contributed by atoms with van der Waals surface area (Å²) in [6.45, 7) is 4.76. The summed E-state index contributed by atoms with van der Waals surface area (Å²) >= 11 is 0. The van der Waals surface area contributed by atoms with E-state index >= 15 is 0 Å². The molecule has 1 fully saturated rings. The van der Waals surface area contributed by atoms with Crippen molar-refractivity contribution in [2.45, 2.75) is 39.2 Å². The Hall–Kier alpha value is -0.960. The molecule has 3 heteroatoms. The minimum Gasteiger partial charge on any atom is -0.313 e. The van der Waals surface area contributed by atoms with Crippen LogP contribution in [0.3, 0.4) is 0 Å². The van der Waals surface area contributed by atoms with Gasteiger partial charge >= 0.3 is 0 Å². The fourth-order valence-electron chi connectivity index (χ4n) is 2.34. The Kier molecular flexibility index (Phi) is 3.77. The summed E-state index contributed by atoms with van der Waals surface area (Å²) in [5.41, 5.74) is 0.858. The lowest BCUT2D eigenvalue weighted by Gasteiger charge is -2.28. The van der Waals surface area contributed by atoms with E-state index in [-0.39, 0.29) is 6.04 Å². The van der Waals surface area contributed by atoms with Gasteiger partial charge in [0.15, 0.2) is 11.6 Å². The summed E-state index contributed by atoms with van der Waals surface area (Å²) in [5.74, 6) is -0.692. The van der Waals surface area contributed by atoms with Crippen molar-refractivity contribution in [3.63, 3.8) is 0 Å². The highest BCUT2D eigenvalue weighted by molar-refractivity contribution is 5.26. The molecule has 0 saturated carbocycles. The van der Waals surface area contributed by atoms with E-state index in [1.807, 2.05) is 0 Å². The number of nitrogens with one attached hydrogen (secondary N) is 1. The quantitative estimate of drug-likeness (QED) is 0.835. The topological polar surface area (TPSA) is 12.0 Å². The SMILES string of the molecule is Cc1ccc(CC2CCC(C)CN2)c(F)c1F. The Morgan fingerprint density at radius 1 is 1.24 bits per heavy atom. The van der Waals surface area contributed by atoms with Crippen molar-refractivity contribution >= 4 is 0 Å². The summed E-state index contributed by atoms with van der Waals surface area (Å²) in [4.78, 5) is 0. The number of hydrogen-bond donors (Lipinski definition) is 1. The van der Waals surface area contributed by atoms with E-state index in [1.165, 1.54) is 0 Å². The summed E-state index contributed by atoms with van der Waals surface area (Å²) in [6.07, 6.45) is 2.78. The molecule has 2 unspecified atom stereocenters. The van der Waals surface area contributed by atoms with Crippen molar-refractivity contribution < 1.29 is 8.78 Å². The number of rotatable bonds is 2. The van der Waals surface area contributed by atoms with Crippen molar-refractivity contribution in [1.29, 1.82) is 0 Å². The first-order valence-corrected chi connectivity index (χ1v) is 6.24. The number of benzene rings is 1. The molecule has 1 aromatic carbocycles. The molecule has 0 radical (unpaired) electrons. The lowest BCUT2D eigenvalue weighted by atomic mass is 9.92. The maximum atomic E-state index is 13.7. The lowest BCUT2D eigenvalue weighted by Crippen LogP contribution is -2.39. The monoisotopic (exact) mass is 239 g/mol. The van der Waals surface area contributed by atoms with Crippen LogP contribution >= 0.6 is 0 Å². The second-order valence-electron chi connectivity index (χ2n) is 5.16. The number of hydrogen-bond acceptors (Lipinski definition) is 1. The summed E-state index contributed by atoms with van der Waals surface area (Å²) in [5, 5.41) is 3.39. The molecule has 1 heterocycles. The van der Waals surface area contributed by atoms with Crippen LogP contribution in [0.5, 0.6) is 0 Å². The van der Waals surface area contributed by atoms with Crippen LogP contribution in [0.1, 0.15) is 30.9 Å². The fourth-order valence-corrected chi connectivity index (χ4v) is 2.34. The standard InChI is InChI=1S/C14H19F2N/c1-9-3-6-12(17-8-9)7-11-5-4-10(2)13(15)14(11)16/h4-5,9,12,17H,3,6-8H2,1-2H3. The van der Waals surface area contributed by atoms with E-state index in [2.05, 4.69) is 12.2 Å². The Labute approximate surface area is 101 Å². The van der Waals surface area contributed by atoms with Gasteiger partial charge in [-0.2, -0.15) is 0 Å². The first-order chi connectivity index (χ1) is 8.08. The Balaban J connectivity index is 2.06. The van der Waals surface area contributed by atoms with Crippen molar-refractivity contribution in [3.05, 3.63) is 34.9 Å². The number of piperidine rings is 1. The van der Waals surface area contributed by atoms with Gasteiger partial charge in [-0.05, 0) is 49.8 Å². The van der Waals surface area contributed by atoms with Gasteiger partial charge in [0.05, 0.1) is 0 Å². The smallest absolute Gasteiger partial charge is 0.162 e. The van der Waals surface area contributed by atoms with Crippen LogP contribution in [-0.4, -0.2) is 12.6 Å². The number of aryl methyl sites for hydroxylation is 1. The third-order valence-corrected chi connectivity index (χ3v) is 3.58. The molecule has 2 atom stereocenters. The van der Waals surface area contributed by atoms with Gasteiger partial charge in [0.25, 0.3) is 0 Å². The van der Waals surface area contributed by atoms with Crippen LogP contribution in [0, 0.1) is 24.5 Å². The molecule has 0 amide bonds. The minimum atomic E-state index is -0.702. The predicted molar refractivity (Wildman–Crippen MR) is 65.0 cm³/mol. The average molecular weight is 239 g/mol. The molecule has 0 aromatic heterocycles. The summed E-state index contributed by atoms with van der Waals surface area (Å²) in [7, 11) is 0. The zero-order chi connectivity index (χ0) is 12.4. The van der Waals surface area contributed by atoms with E-state index in [0.717, 1.165) is 19.4 Å². The Morgan fingerprint density at radius 2 is 2.00 bits per heavy atom. The second-order valence-corrected chi connectivity index (χ2v) is 5.16. The van der Waals surface area contributed by atoms with Gasteiger partial charge in [-0.15, -0.1) is 0 Å². The highest BCUT2D eigenvalue weighted by Gasteiger charge is 2.20. The normalized spacial score (nSPS) is 24.9. The van der Waals surface area contributed by atoms with Gasteiger partial charge in [0.2, 0.25) is 0 Å². The molecule has 1 aliphatic heterocycles. The largest absolute Gasteiger partial charge is 0.313 e. The van der Waals surface area contributed by atoms with E-state index < -0.39 is 11.6 Å². The molecule has 2 rings (SSSR count). The van der Waals surface area contributed by atoms with Crippen LogP contribution in [0.15, 0.2) is 12.1 Å². The van der Waals surface area contributed by atoms with Crippen LogP contribution in [0.4, 0.5) is 8.78 Å². The predicted octanol–water partition coefficient (Wildman–Crippen LogP) is 3.20. The maximum Gasteiger partial charge on any atom is 0.162 e. The average Bonchev–Trinajstić information content (AvgIpc) is 2.33. The molecule has 1 aromatic rings. The fraction of sp³-hybridized carbons (Fsp3) is 0.571. The highest BCUT2D eigenvalue weighted by Crippen LogP contribution is 2.21. The molecular formula is C14H19F2N. The molecular weight excluding hydrogens is 220 g/mol. The third kappa shape index (κ3) is 2.83. The van der Waals surface area contributed by atoms with Crippen LogP contribution < -0.4 is 5.32 Å². The molecule has 94 valence electrons. The Morgan fingerprint density at radius 3 is 2.65 bits per heavy atom. The first kappa shape index (κ1) is 12.5. The van der Waals surface area contributed by atoms with E-state index in [1.54, 1.807) is 19.1 Å². The zero-order valence-electron chi connectivity index (χ0n) is 10.4. The van der Waals surface area contributed by atoms with Crippen molar-refractivity contribution in [3.8, 4) is 0 Å². The number of halogens is 2. The van der Waals surface area contributed by atoms with Gasteiger partial charge in [0.1, 0.15) is 0 Å². The molecule has 1 saturated heterocycles. The molecule has 0 bridgehead atoms. The minimum absolute atomic E-state index is 0.280. The molecule has 1 nitrogen and oxygen atoms in total. The molecule has 1 N–H and O–H groups in total. The zero-order valence-corrected chi connectivity index (χ0v) is 10.4. The second kappa shape index (κ2) is 5.13. The molecule has 1 aliphatic rings. The summed E-state index contributed by atoms with van der Waals surface area (Å²) in [6, 6.07) is 3.63. The van der Waals surface area contributed by atoms with Gasteiger partial charge in [-0.3, -0.25) is 0 Å². The van der Waals surface area contributed by atoms with Gasteiger partial charge in [-0.1, -0.05) is 19.1 Å². The van der Waals surface area contributed by atoms with Crippen LogP contribution in [0.2, 0.25) is 0 Å². The van der Waals surface area contributed by atoms with Crippen molar-refractivity contribution in [2.24, 2.45) is 5.92 Å². The molecule has 17 heavy (non-hydrogen) atoms.